The van der Waals surface area contributed by atoms with Crippen molar-refractivity contribution in [1.82, 2.24) is 4.98 Å². The van der Waals surface area contributed by atoms with Gasteiger partial charge in [-0.05, 0) is 28.3 Å². The lowest BCUT2D eigenvalue weighted by atomic mass is 9.98. The number of benzene rings is 3. The summed E-state index contributed by atoms with van der Waals surface area (Å²) >= 11 is 0. The third-order valence-electron chi connectivity index (χ3n) is 4.10. The van der Waals surface area contributed by atoms with Gasteiger partial charge in [-0.15, -0.1) is 0 Å². The van der Waals surface area contributed by atoms with Gasteiger partial charge >= 0.3 is 0 Å². The number of hydrogen-bond donors (Lipinski definition) is 0. The zero-order chi connectivity index (χ0) is 13.8. The lowest BCUT2D eigenvalue weighted by Crippen LogP contribution is -1.80. The molecule has 0 amide bonds. The van der Waals surface area contributed by atoms with E-state index in [0.29, 0.717) is 0 Å². The molecule has 2 aromatic heterocycles. The van der Waals surface area contributed by atoms with Crippen LogP contribution in [-0.2, 0) is 0 Å². The van der Waals surface area contributed by atoms with Gasteiger partial charge in [-0.1, -0.05) is 48.5 Å². The Morgan fingerprint density at radius 2 is 1.33 bits per heavy atom. The van der Waals surface area contributed by atoms with Gasteiger partial charge in [0.1, 0.15) is 11.1 Å². The summed E-state index contributed by atoms with van der Waals surface area (Å²) in [6, 6.07) is 20.7. The van der Waals surface area contributed by atoms with E-state index in [-0.39, 0.29) is 0 Å². The zero-order valence-electron chi connectivity index (χ0n) is 11.2. The highest BCUT2D eigenvalue weighted by atomic mass is 16.3. The molecule has 5 aromatic rings. The van der Waals surface area contributed by atoms with E-state index in [2.05, 4.69) is 53.5 Å². The van der Waals surface area contributed by atoms with Crippen molar-refractivity contribution in [3.05, 3.63) is 66.9 Å². The summed E-state index contributed by atoms with van der Waals surface area (Å²) in [5, 5.41) is 5.92. The molecule has 0 aliphatic carbocycles. The minimum atomic E-state index is 0.842. The normalized spacial score (nSPS) is 11.8. The highest BCUT2D eigenvalue weighted by molar-refractivity contribution is 6.29. The molecule has 0 spiro atoms. The topological polar surface area (TPSA) is 26.0 Å². The molecule has 0 aliphatic rings. The molecule has 2 nitrogen and oxygen atoms in total. The van der Waals surface area contributed by atoms with Crippen LogP contribution in [0.25, 0.3) is 43.6 Å². The van der Waals surface area contributed by atoms with Crippen LogP contribution >= 0.6 is 0 Å². The third-order valence-corrected chi connectivity index (χ3v) is 4.10. The predicted octanol–water partition coefficient (Wildman–Crippen LogP) is 5.29. The molecule has 0 fully saturated rings. The molecule has 0 saturated heterocycles. The monoisotopic (exact) mass is 269 g/mol. The first-order valence-electron chi connectivity index (χ1n) is 7.00. The summed E-state index contributed by atoms with van der Waals surface area (Å²) in [6.07, 6.45) is 1.82. The number of hydrogen-bond acceptors (Lipinski definition) is 2. The maximum Gasteiger partial charge on any atom is 0.153 e. The van der Waals surface area contributed by atoms with Crippen LogP contribution in [0.3, 0.4) is 0 Å². The van der Waals surface area contributed by atoms with E-state index in [1.807, 2.05) is 18.3 Å². The van der Waals surface area contributed by atoms with E-state index in [1.165, 1.54) is 16.2 Å². The van der Waals surface area contributed by atoms with Gasteiger partial charge in [0.15, 0.2) is 5.58 Å². The fourth-order valence-electron chi connectivity index (χ4n) is 3.22. The number of furan rings is 1. The summed E-state index contributed by atoms with van der Waals surface area (Å²) in [5.41, 5.74) is 2.71. The third kappa shape index (κ3) is 1.34. The average Bonchev–Trinajstić information content (AvgIpc) is 2.95. The second-order valence-corrected chi connectivity index (χ2v) is 5.25. The smallest absolute Gasteiger partial charge is 0.153 e. The van der Waals surface area contributed by atoms with Crippen LogP contribution < -0.4 is 0 Å². The number of rotatable bonds is 0. The van der Waals surface area contributed by atoms with E-state index in [0.717, 1.165) is 27.5 Å². The van der Waals surface area contributed by atoms with Crippen LogP contribution in [0.15, 0.2) is 71.3 Å². The molecule has 2 heterocycles. The highest BCUT2D eigenvalue weighted by Gasteiger charge is 2.15. The molecule has 0 radical (unpaired) electrons. The standard InChI is InChI=1S/C19H11NO/c1-3-8-14-12(6-1)13-7-2-4-9-15(13)19-17(14)18-16(21-19)10-5-11-20-18/h1-11H. The molecule has 5 rings (SSSR count). The Kier molecular flexibility index (Phi) is 1.98. The SMILES string of the molecule is c1cnc2c(c1)oc1c3ccccc3c3ccccc3c21. The lowest BCUT2D eigenvalue weighted by Gasteiger charge is -2.05. The number of fused-ring (bicyclic) bond motifs is 8. The van der Waals surface area contributed by atoms with E-state index in [9.17, 15) is 0 Å². The fraction of sp³-hybridized carbons (Fsp3) is 0. The van der Waals surface area contributed by atoms with Crippen molar-refractivity contribution in [2.45, 2.75) is 0 Å². The van der Waals surface area contributed by atoms with Crippen molar-refractivity contribution in [2.75, 3.05) is 0 Å². The molecule has 0 aliphatic heterocycles. The fourth-order valence-corrected chi connectivity index (χ4v) is 3.22. The molecular formula is C19H11NO. The molecule has 0 saturated carbocycles. The molecular weight excluding hydrogens is 258 g/mol. The molecule has 0 unspecified atom stereocenters. The molecule has 2 heteroatoms. The summed E-state index contributed by atoms with van der Waals surface area (Å²) < 4.78 is 6.11. The first-order chi connectivity index (χ1) is 10.4. The van der Waals surface area contributed by atoms with Crippen molar-refractivity contribution in [1.29, 1.82) is 0 Å². The summed E-state index contributed by atoms with van der Waals surface area (Å²) in [4.78, 5) is 4.53. The maximum atomic E-state index is 6.11. The summed E-state index contributed by atoms with van der Waals surface area (Å²) in [6.45, 7) is 0. The van der Waals surface area contributed by atoms with Gasteiger partial charge in [-0.25, -0.2) is 0 Å². The van der Waals surface area contributed by atoms with Gasteiger partial charge in [-0.3, -0.25) is 4.98 Å². The van der Waals surface area contributed by atoms with Gasteiger partial charge < -0.3 is 4.42 Å². The average molecular weight is 269 g/mol. The van der Waals surface area contributed by atoms with Crippen molar-refractivity contribution in [2.24, 2.45) is 0 Å². The molecule has 98 valence electrons. The first kappa shape index (κ1) is 10.9. The van der Waals surface area contributed by atoms with Crippen LogP contribution in [0, 0.1) is 0 Å². The molecule has 21 heavy (non-hydrogen) atoms. The second kappa shape index (κ2) is 3.83. The van der Waals surface area contributed by atoms with Crippen LogP contribution in [0.2, 0.25) is 0 Å². The largest absolute Gasteiger partial charge is 0.454 e. The van der Waals surface area contributed by atoms with E-state index >= 15 is 0 Å². The van der Waals surface area contributed by atoms with E-state index < -0.39 is 0 Å². The maximum absolute atomic E-state index is 6.11. The van der Waals surface area contributed by atoms with E-state index in [4.69, 9.17) is 4.42 Å². The molecule has 0 N–H and O–H groups in total. The predicted molar refractivity (Wildman–Crippen MR) is 86.5 cm³/mol. The number of pyridine rings is 1. The molecule has 0 bridgehead atoms. The lowest BCUT2D eigenvalue weighted by molar-refractivity contribution is 0.672. The Bertz CT molecular complexity index is 1140. The van der Waals surface area contributed by atoms with Crippen molar-refractivity contribution < 1.29 is 4.42 Å². The second-order valence-electron chi connectivity index (χ2n) is 5.25. The minimum absolute atomic E-state index is 0.842. The van der Waals surface area contributed by atoms with Gasteiger partial charge in [0.25, 0.3) is 0 Å². The van der Waals surface area contributed by atoms with Crippen LogP contribution in [-0.4, -0.2) is 4.98 Å². The van der Waals surface area contributed by atoms with Crippen molar-refractivity contribution in [3.8, 4) is 0 Å². The van der Waals surface area contributed by atoms with E-state index in [1.54, 1.807) is 0 Å². The van der Waals surface area contributed by atoms with Gasteiger partial charge in [0, 0.05) is 11.6 Å². The number of nitrogens with zero attached hydrogens (tertiary/aromatic N) is 1. The van der Waals surface area contributed by atoms with Gasteiger partial charge in [0.05, 0.1) is 5.39 Å². The molecule has 3 aromatic carbocycles. The zero-order valence-corrected chi connectivity index (χ0v) is 11.2. The Morgan fingerprint density at radius 1 is 0.667 bits per heavy atom. The van der Waals surface area contributed by atoms with Crippen LogP contribution in [0.4, 0.5) is 0 Å². The van der Waals surface area contributed by atoms with Crippen LogP contribution in [0.5, 0.6) is 0 Å². The summed E-state index contributed by atoms with van der Waals surface area (Å²) in [5.74, 6) is 0. The Morgan fingerprint density at radius 3 is 2.14 bits per heavy atom. The Balaban J connectivity index is 2.25. The summed E-state index contributed by atoms with van der Waals surface area (Å²) in [7, 11) is 0. The number of aromatic nitrogens is 1. The Labute approximate surface area is 120 Å². The van der Waals surface area contributed by atoms with Gasteiger partial charge in [0.2, 0.25) is 0 Å². The molecule has 0 atom stereocenters. The highest BCUT2D eigenvalue weighted by Crippen LogP contribution is 2.39. The Hall–Kier alpha value is -2.87. The quantitative estimate of drug-likeness (QED) is 0.357. The van der Waals surface area contributed by atoms with Crippen molar-refractivity contribution in [3.63, 3.8) is 0 Å². The van der Waals surface area contributed by atoms with Gasteiger partial charge in [-0.2, -0.15) is 0 Å². The van der Waals surface area contributed by atoms with Crippen LogP contribution in [0.1, 0.15) is 0 Å². The minimum Gasteiger partial charge on any atom is -0.454 e. The van der Waals surface area contributed by atoms with Crippen molar-refractivity contribution >= 4 is 43.6 Å². The first-order valence-corrected chi connectivity index (χ1v) is 7.00.